The topological polar surface area (TPSA) is 147 Å². The average molecular weight is 440 g/mol. The lowest BCUT2D eigenvalue weighted by molar-refractivity contribution is -0.119. The highest BCUT2D eigenvalue weighted by molar-refractivity contribution is 6.15. The van der Waals surface area contributed by atoms with Crippen molar-refractivity contribution in [3.05, 3.63) is 24.5 Å². The number of carbonyl (C=O) groups is 2. The fourth-order valence-corrected chi connectivity index (χ4v) is 3.99. The second-order valence-electron chi connectivity index (χ2n) is 8.75. The minimum atomic E-state index is -0.230. The lowest BCUT2D eigenvalue weighted by Gasteiger charge is -2.23. The smallest absolute Gasteiger partial charge is 0.319 e. The second-order valence-corrected chi connectivity index (χ2v) is 8.75. The zero-order chi connectivity index (χ0) is 22.7. The van der Waals surface area contributed by atoms with Gasteiger partial charge in [0, 0.05) is 36.6 Å². The molecule has 0 atom stereocenters. The summed E-state index contributed by atoms with van der Waals surface area (Å²) in [6, 6.07) is 5.54. The predicted octanol–water partition coefficient (Wildman–Crippen LogP) is 2.67. The van der Waals surface area contributed by atoms with Gasteiger partial charge in [0.15, 0.2) is 0 Å². The molecule has 32 heavy (non-hydrogen) atoms. The summed E-state index contributed by atoms with van der Waals surface area (Å²) in [6.45, 7) is 5.44. The van der Waals surface area contributed by atoms with Gasteiger partial charge in [0.25, 0.3) is 0 Å². The van der Waals surface area contributed by atoms with Crippen LogP contribution in [0.15, 0.2) is 24.5 Å². The molecule has 10 heteroatoms. The standard InChI is InChI=1S/C16H18N6O2.C6H11NO/c17-14-12-10-2-1-3-11(13(10)22-15(12)19-8-18-14)21-16(23)20-9-4-6-24-7-5-9;1-6(2)4-3-5(8)7-6/h1-3,8-9H,4-7H2,(H2,20,21,23)(H3,17,18,19,22);3-4H2,1-2H3,(H,7,8). The fraction of sp³-hybridized carbons (Fsp3) is 0.455. The molecule has 6 N–H and O–H groups in total. The van der Waals surface area contributed by atoms with E-state index in [0.717, 1.165) is 35.6 Å². The van der Waals surface area contributed by atoms with E-state index < -0.39 is 0 Å². The number of rotatable bonds is 2. The Bertz CT molecular complexity index is 1140. The van der Waals surface area contributed by atoms with E-state index in [9.17, 15) is 9.59 Å². The lowest BCUT2D eigenvalue weighted by atomic mass is 10.0. The summed E-state index contributed by atoms with van der Waals surface area (Å²) in [4.78, 5) is 34.3. The molecule has 10 nitrogen and oxygen atoms in total. The van der Waals surface area contributed by atoms with Crippen molar-refractivity contribution in [2.24, 2.45) is 0 Å². The first-order valence-corrected chi connectivity index (χ1v) is 10.8. The number of nitrogens with zero attached hydrogens (tertiary/aromatic N) is 2. The highest BCUT2D eigenvalue weighted by atomic mass is 16.5. The summed E-state index contributed by atoms with van der Waals surface area (Å²) in [5.41, 5.74) is 8.13. The zero-order valence-electron chi connectivity index (χ0n) is 18.3. The third-order valence-corrected chi connectivity index (χ3v) is 5.71. The summed E-state index contributed by atoms with van der Waals surface area (Å²) in [7, 11) is 0. The van der Waals surface area contributed by atoms with E-state index in [-0.39, 0.29) is 23.5 Å². The maximum atomic E-state index is 12.3. The van der Waals surface area contributed by atoms with Crippen LogP contribution in [0.25, 0.3) is 21.9 Å². The number of nitrogens with one attached hydrogen (secondary N) is 4. The number of aromatic nitrogens is 3. The number of fused-ring (bicyclic) bond motifs is 3. The molecule has 2 aliphatic rings. The Morgan fingerprint density at radius 3 is 2.69 bits per heavy atom. The van der Waals surface area contributed by atoms with Gasteiger partial charge in [0.05, 0.1) is 16.6 Å². The predicted molar refractivity (Wildman–Crippen MR) is 123 cm³/mol. The maximum Gasteiger partial charge on any atom is 0.319 e. The van der Waals surface area contributed by atoms with Crippen molar-refractivity contribution in [2.75, 3.05) is 24.3 Å². The monoisotopic (exact) mass is 439 g/mol. The Hall–Kier alpha value is -3.40. The van der Waals surface area contributed by atoms with Gasteiger partial charge in [-0.2, -0.15) is 0 Å². The number of hydrogen-bond donors (Lipinski definition) is 5. The number of hydrogen-bond acceptors (Lipinski definition) is 6. The van der Waals surface area contributed by atoms with Crippen LogP contribution in [0.5, 0.6) is 0 Å². The minimum Gasteiger partial charge on any atom is -0.383 e. The van der Waals surface area contributed by atoms with Crippen LogP contribution in [0.4, 0.5) is 16.3 Å². The second kappa shape index (κ2) is 8.99. The molecule has 0 spiro atoms. The highest BCUT2D eigenvalue weighted by Crippen LogP contribution is 2.31. The van der Waals surface area contributed by atoms with Crippen LogP contribution < -0.4 is 21.7 Å². The Labute approximate surface area is 185 Å². The maximum absolute atomic E-state index is 12.3. The number of urea groups is 1. The number of nitrogen functional groups attached to an aromatic ring is 1. The first kappa shape index (κ1) is 21.8. The number of amides is 3. The first-order valence-electron chi connectivity index (χ1n) is 10.8. The van der Waals surface area contributed by atoms with E-state index in [1.807, 2.05) is 32.0 Å². The summed E-state index contributed by atoms with van der Waals surface area (Å²) in [5, 5.41) is 10.4. The van der Waals surface area contributed by atoms with Crippen LogP contribution in [0.1, 0.15) is 39.5 Å². The molecule has 3 aromatic rings. The number of anilines is 2. The van der Waals surface area contributed by atoms with Gasteiger partial charge in [-0.3, -0.25) is 4.79 Å². The number of aromatic amines is 1. The van der Waals surface area contributed by atoms with Gasteiger partial charge >= 0.3 is 6.03 Å². The molecule has 2 saturated heterocycles. The molecule has 2 fully saturated rings. The van der Waals surface area contributed by atoms with Crippen LogP contribution in [0.3, 0.4) is 0 Å². The van der Waals surface area contributed by atoms with E-state index in [1.165, 1.54) is 6.33 Å². The van der Waals surface area contributed by atoms with Gasteiger partial charge < -0.3 is 31.4 Å². The number of carbonyl (C=O) groups excluding carboxylic acids is 2. The molecule has 2 aromatic heterocycles. The average Bonchev–Trinajstić information content (AvgIpc) is 3.29. The van der Waals surface area contributed by atoms with E-state index in [4.69, 9.17) is 10.5 Å². The summed E-state index contributed by atoms with van der Waals surface area (Å²) in [5.74, 6) is 0.602. The van der Waals surface area contributed by atoms with Gasteiger partial charge in [-0.05, 0) is 39.2 Å². The Kier molecular flexibility index (Phi) is 6.13. The lowest BCUT2D eigenvalue weighted by Crippen LogP contribution is -2.41. The van der Waals surface area contributed by atoms with Gasteiger partial charge in [0.2, 0.25) is 5.91 Å². The number of H-pyrrole nitrogens is 1. The first-order chi connectivity index (χ1) is 15.3. The largest absolute Gasteiger partial charge is 0.383 e. The quantitative estimate of drug-likeness (QED) is 0.415. The molecule has 2 aliphatic heterocycles. The van der Waals surface area contributed by atoms with Crippen molar-refractivity contribution in [1.29, 1.82) is 0 Å². The van der Waals surface area contributed by atoms with Crippen molar-refractivity contribution in [3.8, 4) is 0 Å². The number of para-hydroxylation sites is 1. The molecule has 0 unspecified atom stereocenters. The normalized spacial score (nSPS) is 18.1. The van der Waals surface area contributed by atoms with Crippen molar-refractivity contribution >= 4 is 45.4 Å². The van der Waals surface area contributed by atoms with Gasteiger partial charge in [-0.25, -0.2) is 14.8 Å². The number of nitrogens with two attached hydrogens (primary N) is 1. The molecular formula is C22H29N7O3. The van der Waals surface area contributed by atoms with Crippen LogP contribution in [-0.2, 0) is 9.53 Å². The van der Waals surface area contributed by atoms with E-state index in [0.29, 0.717) is 36.8 Å². The van der Waals surface area contributed by atoms with Crippen molar-refractivity contribution in [2.45, 2.75) is 51.1 Å². The van der Waals surface area contributed by atoms with Crippen molar-refractivity contribution in [1.82, 2.24) is 25.6 Å². The molecule has 0 radical (unpaired) electrons. The Morgan fingerprint density at radius 2 is 2.03 bits per heavy atom. The minimum absolute atomic E-state index is 0.0666. The SMILES string of the molecule is CC1(C)CCC(=O)N1.Nc1ncnc2[nH]c3c(NC(=O)NC4CCOCC4)cccc3c12. The van der Waals surface area contributed by atoms with E-state index >= 15 is 0 Å². The summed E-state index contributed by atoms with van der Waals surface area (Å²) in [6.07, 6.45) is 4.75. The summed E-state index contributed by atoms with van der Waals surface area (Å²) >= 11 is 0. The van der Waals surface area contributed by atoms with Crippen molar-refractivity contribution in [3.63, 3.8) is 0 Å². The molecule has 0 aliphatic carbocycles. The molecule has 3 amide bonds. The molecule has 5 rings (SSSR count). The Balaban J connectivity index is 0.000000260. The third-order valence-electron chi connectivity index (χ3n) is 5.71. The number of ether oxygens (including phenoxy) is 1. The fourth-order valence-electron chi connectivity index (χ4n) is 3.99. The van der Waals surface area contributed by atoms with Crippen LogP contribution in [0.2, 0.25) is 0 Å². The Morgan fingerprint density at radius 1 is 1.25 bits per heavy atom. The highest BCUT2D eigenvalue weighted by Gasteiger charge is 2.27. The van der Waals surface area contributed by atoms with Crippen LogP contribution >= 0.6 is 0 Å². The molecule has 4 heterocycles. The van der Waals surface area contributed by atoms with Crippen LogP contribution in [0, 0.1) is 0 Å². The van der Waals surface area contributed by atoms with E-state index in [1.54, 1.807) is 0 Å². The molecule has 170 valence electrons. The van der Waals surface area contributed by atoms with Gasteiger partial charge in [-0.15, -0.1) is 0 Å². The van der Waals surface area contributed by atoms with Crippen molar-refractivity contribution < 1.29 is 14.3 Å². The molecule has 0 bridgehead atoms. The molecule has 0 saturated carbocycles. The number of benzene rings is 1. The third kappa shape index (κ3) is 4.91. The molecular weight excluding hydrogens is 410 g/mol. The van der Waals surface area contributed by atoms with Crippen LogP contribution in [-0.4, -0.2) is 51.7 Å². The van der Waals surface area contributed by atoms with E-state index in [2.05, 4.69) is 30.9 Å². The zero-order valence-corrected chi connectivity index (χ0v) is 18.3. The van der Waals surface area contributed by atoms with Gasteiger partial charge in [0.1, 0.15) is 17.8 Å². The molecule has 1 aromatic carbocycles. The summed E-state index contributed by atoms with van der Waals surface area (Å²) < 4.78 is 5.30. The van der Waals surface area contributed by atoms with Gasteiger partial charge in [-0.1, -0.05) is 12.1 Å².